The number of benzene rings is 2. The highest BCUT2D eigenvalue weighted by Gasteiger charge is 2.21. The van der Waals surface area contributed by atoms with Crippen molar-refractivity contribution < 1.29 is 27.4 Å². The minimum Gasteiger partial charge on any atom is -0.493 e. The molecule has 31 heavy (non-hydrogen) atoms. The number of nitrogens with one attached hydrogen (secondary N) is 1. The summed E-state index contributed by atoms with van der Waals surface area (Å²) in [6.07, 6.45) is 0.648. The number of sulfonamides is 1. The number of hydrogen-bond donors (Lipinski definition) is 1. The first-order valence-electron chi connectivity index (χ1n) is 10.00. The Kier molecular flexibility index (Phi) is 8.70. The molecule has 1 N–H and O–H groups in total. The zero-order valence-electron chi connectivity index (χ0n) is 18.6. The number of carbonyl (C=O) groups is 1. The SMILES string of the molecule is CCN(CC)S(=O)(=O)c1ccc(NC(=O)CCc2ccc(OC)c(OC)c2OC)cc1. The molecule has 0 aliphatic rings. The smallest absolute Gasteiger partial charge is 0.243 e. The Bertz CT molecular complexity index is 986. The van der Waals surface area contributed by atoms with E-state index >= 15 is 0 Å². The molecule has 2 rings (SSSR count). The van der Waals surface area contributed by atoms with Crippen LogP contribution >= 0.6 is 0 Å². The minimum absolute atomic E-state index is 0.198. The summed E-state index contributed by atoms with van der Waals surface area (Å²) in [7, 11) is 1.08. The van der Waals surface area contributed by atoms with Crippen LogP contribution in [0.1, 0.15) is 25.8 Å². The molecule has 0 spiro atoms. The van der Waals surface area contributed by atoms with Crippen LogP contribution in [0.5, 0.6) is 17.2 Å². The number of nitrogens with zero attached hydrogens (tertiary/aromatic N) is 1. The largest absolute Gasteiger partial charge is 0.493 e. The second-order valence-electron chi connectivity index (χ2n) is 6.66. The topological polar surface area (TPSA) is 94.2 Å². The van der Waals surface area contributed by atoms with Crippen LogP contribution in [0.4, 0.5) is 5.69 Å². The zero-order valence-corrected chi connectivity index (χ0v) is 19.4. The van der Waals surface area contributed by atoms with Crippen molar-refractivity contribution >= 4 is 21.6 Å². The summed E-state index contributed by atoms with van der Waals surface area (Å²) < 4.78 is 42.6. The number of amides is 1. The number of carbonyl (C=O) groups excluding carboxylic acids is 1. The van der Waals surface area contributed by atoms with Gasteiger partial charge in [-0.05, 0) is 42.3 Å². The van der Waals surface area contributed by atoms with E-state index in [1.54, 1.807) is 39.2 Å². The molecular formula is C22H30N2O6S. The highest BCUT2D eigenvalue weighted by Crippen LogP contribution is 2.40. The van der Waals surface area contributed by atoms with Crippen molar-refractivity contribution in [1.82, 2.24) is 4.31 Å². The third kappa shape index (κ3) is 5.68. The molecule has 8 nitrogen and oxygen atoms in total. The maximum Gasteiger partial charge on any atom is 0.243 e. The van der Waals surface area contributed by atoms with Gasteiger partial charge in [0, 0.05) is 25.2 Å². The van der Waals surface area contributed by atoms with E-state index in [2.05, 4.69) is 5.32 Å². The van der Waals surface area contributed by atoms with Crippen molar-refractivity contribution in [3.63, 3.8) is 0 Å². The number of rotatable bonds is 11. The summed E-state index contributed by atoms with van der Waals surface area (Å²) in [4.78, 5) is 12.6. The maximum absolute atomic E-state index is 12.6. The summed E-state index contributed by atoms with van der Waals surface area (Å²) in [5, 5.41) is 2.79. The van der Waals surface area contributed by atoms with E-state index < -0.39 is 10.0 Å². The van der Waals surface area contributed by atoms with Gasteiger partial charge in [-0.2, -0.15) is 4.31 Å². The predicted octanol–water partition coefficient (Wildman–Crippen LogP) is 3.31. The number of anilines is 1. The lowest BCUT2D eigenvalue weighted by atomic mass is 10.1. The third-order valence-corrected chi connectivity index (χ3v) is 6.95. The van der Waals surface area contributed by atoms with E-state index in [-0.39, 0.29) is 17.2 Å². The monoisotopic (exact) mass is 450 g/mol. The summed E-state index contributed by atoms with van der Waals surface area (Å²) in [5.74, 6) is 1.36. The van der Waals surface area contributed by atoms with Crippen LogP contribution in [0.2, 0.25) is 0 Å². The molecule has 170 valence electrons. The Labute approximate surface area is 184 Å². The normalized spacial score (nSPS) is 11.3. The first kappa shape index (κ1) is 24.5. The van der Waals surface area contributed by atoms with E-state index in [9.17, 15) is 13.2 Å². The van der Waals surface area contributed by atoms with Crippen molar-refractivity contribution in [1.29, 1.82) is 0 Å². The first-order valence-corrected chi connectivity index (χ1v) is 11.4. The summed E-state index contributed by atoms with van der Waals surface area (Å²) >= 11 is 0. The van der Waals surface area contributed by atoms with Gasteiger partial charge < -0.3 is 19.5 Å². The standard InChI is InChI=1S/C22H30N2O6S/c1-6-24(7-2)31(26,27)18-12-10-17(11-13-18)23-20(25)15-9-16-8-14-19(28-3)22(30-5)21(16)29-4/h8,10-14H,6-7,9,15H2,1-5H3,(H,23,25). The molecule has 0 atom stereocenters. The van der Waals surface area contributed by atoms with Crippen molar-refractivity contribution in [2.24, 2.45) is 0 Å². The number of aryl methyl sites for hydroxylation is 1. The van der Waals surface area contributed by atoms with Gasteiger partial charge in [-0.1, -0.05) is 19.9 Å². The quantitative estimate of drug-likeness (QED) is 0.564. The molecule has 0 aliphatic heterocycles. The molecule has 2 aromatic rings. The first-order chi connectivity index (χ1) is 14.8. The highest BCUT2D eigenvalue weighted by molar-refractivity contribution is 7.89. The van der Waals surface area contributed by atoms with Gasteiger partial charge in [0.1, 0.15) is 0 Å². The van der Waals surface area contributed by atoms with E-state index in [1.807, 2.05) is 6.07 Å². The fourth-order valence-electron chi connectivity index (χ4n) is 3.25. The van der Waals surface area contributed by atoms with Crippen LogP contribution in [0.25, 0.3) is 0 Å². The summed E-state index contributed by atoms with van der Waals surface area (Å²) in [6.45, 7) is 4.39. The van der Waals surface area contributed by atoms with Crippen LogP contribution in [-0.4, -0.2) is 53.0 Å². The number of methoxy groups -OCH3 is 3. The van der Waals surface area contributed by atoms with Crippen LogP contribution in [0, 0.1) is 0 Å². The molecule has 0 saturated heterocycles. The molecular weight excluding hydrogens is 420 g/mol. The lowest BCUT2D eigenvalue weighted by molar-refractivity contribution is -0.116. The average Bonchev–Trinajstić information content (AvgIpc) is 2.77. The van der Waals surface area contributed by atoms with Crippen molar-refractivity contribution in [2.75, 3.05) is 39.7 Å². The molecule has 9 heteroatoms. The Morgan fingerprint density at radius 3 is 2.03 bits per heavy atom. The number of ether oxygens (including phenoxy) is 3. The lowest BCUT2D eigenvalue weighted by Crippen LogP contribution is -2.30. The highest BCUT2D eigenvalue weighted by atomic mass is 32.2. The van der Waals surface area contributed by atoms with Crippen LogP contribution in [0.15, 0.2) is 41.3 Å². The molecule has 0 fully saturated rings. The third-order valence-electron chi connectivity index (χ3n) is 4.89. The van der Waals surface area contributed by atoms with Gasteiger partial charge in [0.25, 0.3) is 0 Å². The van der Waals surface area contributed by atoms with Gasteiger partial charge >= 0.3 is 0 Å². The van der Waals surface area contributed by atoms with E-state index in [4.69, 9.17) is 14.2 Å². The Morgan fingerprint density at radius 1 is 0.903 bits per heavy atom. The average molecular weight is 451 g/mol. The molecule has 0 radical (unpaired) electrons. The Balaban J connectivity index is 2.06. The fraction of sp³-hybridized carbons (Fsp3) is 0.409. The van der Waals surface area contributed by atoms with Gasteiger partial charge in [0.2, 0.25) is 21.7 Å². The van der Waals surface area contributed by atoms with Gasteiger partial charge in [0.05, 0.1) is 26.2 Å². The lowest BCUT2D eigenvalue weighted by Gasteiger charge is -2.18. The van der Waals surface area contributed by atoms with E-state index in [0.717, 1.165) is 5.56 Å². The van der Waals surface area contributed by atoms with Crippen molar-refractivity contribution in [3.05, 3.63) is 42.0 Å². The van der Waals surface area contributed by atoms with Crippen molar-refractivity contribution in [2.45, 2.75) is 31.6 Å². The molecule has 0 heterocycles. The molecule has 0 saturated carbocycles. The summed E-state index contributed by atoms with van der Waals surface area (Å²) in [5.41, 5.74) is 1.35. The van der Waals surface area contributed by atoms with Crippen LogP contribution in [0.3, 0.4) is 0 Å². The maximum atomic E-state index is 12.6. The molecule has 0 aromatic heterocycles. The van der Waals surface area contributed by atoms with Gasteiger partial charge in [-0.3, -0.25) is 4.79 Å². The second-order valence-corrected chi connectivity index (χ2v) is 8.59. The fourth-order valence-corrected chi connectivity index (χ4v) is 4.71. The molecule has 0 unspecified atom stereocenters. The minimum atomic E-state index is -3.53. The van der Waals surface area contributed by atoms with Gasteiger partial charge in [-0.25, -0.2) is 8.42 Å². The van der Waals surface area contributed by atoms with Gasteiger partial charge in [0.15, 0.2) is 11.5 Å². The van der Waals surface area contributed by atoms with E-state index in [0.29, 0.717) is 42.4 Å². The molecule has 0 bridgehead atoms. The molecule has 2 aromatic carbocycles. The second kappa shape index (κ2) is 11.0. The molecule has 1 amide bonds. The number of hydrogen-bond acceptors (Lipinski definition) is 6. The predicted molar refractivity (Wildman–Crippen MR) is 120 cm³/mol. The van der Waals surface area contributed by atoms with Gasteiger partial charge in [-0.15, -0.1) is 0 Å². The summed E-state index contributed by atoms with van der Waals surface area (Å²) in [6, 6.07) is 9.78. The van der Waals surface area contributed by atoms with E-state index in [1.165, 1.54) is 30.7 Å². The zero-order chi connectivity index (χ0) is 23.0. The van der Waals surface area contributed by atoms with Crippen molar-refractivity contribution in [3.8, 4) is 17.2 Å². The Hall–Kier alpha value is -2.78. The Morgan fingerprint density at radius 2 is 1.52 bits per heavy atom. The van der Waals surface area contributed by atoms with Crippen LogP contribution in [-0.2, 0) is 21.2 Å². The van der Waals surface area contributed by atoms with Crippen LogP contribution < -0.4 is 19.5 Å². The molecule has 0 aliphatic carbocycles.